The van der Waals surface area contributed by atoms with E-state index in [0.717, 1.165) is 27.3 Å². The first-order valence-electron chi connectivity index (χ1n) is 5.55. The number of alkyl halides is 1. The van der Waals surface area contributed by atoms with E-state index in [1.807, 2.05) is 50.2 Å². The molecule has 2 aromatic carbocycles. The summed E-state index contributed by atoms with van der Waals surface area (Å²) in [6, 6.07) is 14.1. The highest BCUT2D eigenvalue weighted by Gasteiger charge is 2.14. The van der Waals surface area contributed by atoms with Crippen molar-refractivity contribution in [3.05, 3.63) is 69.7 Å². The summed E-state index contributed by atoms with van der Waals surface area (Å²) in [7, 11) is 0. The minimum Gasteiger partial charge on any atom is -0.113 e. The molecular formula is C15H14Cl2. The van der Waals surface area contributed by atoms with Gasteiger partial charge in [-0.2, -0.15) is 0 Å². The molecule has 2 rings (SSSR count). The molecule has 0 aliphatic carbocycles. The van der Waals surface area contributed by atoms with Gasteiger partial charge in [-0.15, -0.1) is 11.6 Å². The molecule has 0 spiro atoms. The Morgan fingerprint density at radius 2 is 1.59 bits per heavy atom. The molecule has 1 unspecified atom stereocenters. The molecule has 0 saturated heterocycles. The molecule has 0 saturated carbocycles. The van der Waals surface area contributed by atoms with E-state index in [0.29, 0.717) is 0 Å². The Morgan fingerprint density at radius 1 is 0.941 bits per heavy atom. The minimum atomic E-state index is -0.118. The van der Waals surface area contributed by atoms with Gasteiger partial charge in [-0.1, -0.05) is 48.0 Å². The van der Waals surface area contributed by atoms with E-state index < -0.39 is 0 Å². The van der Waals surface area contributed by atoms with Crippen LogP contribution in [0.4, 0.5) is 0 Å². The molecule has 0 aliphatic heterocycles. The SMILES string of the molecule is Cc1cc(C(Cl)c2ccccc2)c(C)cc1Cl. The van der Waals surface area contributed by atoms with Gasteiger partial charge in [-0.3, -0.25) is 0 Å². The number of hydrogen-bond acceptors (Lipinski definition) is 0. The molecule has 0 aromatic heterocycles. The van der Waals surface area contributed by atoms with Gasteiger partial charge < -0.3 is 0 Å². The first-order valence-corrected chi connectivity index (χ1v) is 6.36. The van der Waals surface area contributed by atoms with Gasteiger partial charge in [0.25, 0.3) is 0 Å². The van der Waals surface area contributed by atoms with E-state index >= 15 is 0 Å². The smallest absolute Gasteiger partial charge is 0.0838 e. The Kier molecular flexibility index (Phi) is 3.76. The summed E-state index contributed by atoms with van der Waals surface area (Å²) in [6.07, 6.45) is 0. The lowest BCUT2D eigenvalue weighted by Crippen LogP contribution is -1.97. The predicted molar refractivity (Wildman–Crippen MR) is 75.1 cm³/mol. The van der Waals surface area contributed by atoms with Crippen molar-refractivity contribution in [1.29, 1.82) is 0 Å². The Morgan fingerprint density at radius 3 is 2.24 bits per heavy atom. The van der Waals surface area contributed by atoms with E-state index in [2.05, 4.69) is 6.07 Å². The summed E-state index contributed by atoms with van der Waals surface area (Å²) in [5.74, 6) is 0. The summed E-state index contributed by atoms with van der Waals surface area (Å²) < 4.78 is 0. The highest BCUT2D eigenvalue weighted by Crippen LogP contribution is 2.33. The molecule has 17 heavy (non-hydrogen) atoms. The molecule has 0 N–H and O–H groups in total. The maximum atomic E-state index is 6.52. The molecule has 1 atom stereocenters. The van der Waals surface area contributed by atoms with Crippen LogP contribution in [0.25, 0.3) is 0 Å². The zero-order valence-corrected chi connectivity index (χ0v) is 11.4. The van der Waals surface area contributed by atoms with Gasteiger partial charge in [0.15, 0.2) is 0 Å². The second-order valence-corrected chi connectivity index (χ2v) is 5.07. The van der Waals surface area contributed by atoms with Crippen molar-refractivity contribution in [2.24, 2.45) is 0 Å². The molecular weight excluding hydrogens is 251 g/mol. The Hall–Kier alpha value is -0.980. The van der Waals surface area contributed by atoms with Gasteiger partial charge in [0.1, 0.15) is 0 Å². The quantitative estimate of drug-likeness (QED) is 0.647. The monoisotopic (exact) mass is 264 g/mol. The first kappa shape index (κ1) is 12.5. The number of hydrogen-bond donors (Lipinski definition) is 0. The zero-order valence-electron chi connectivity index (χ0n) is 9.87. The number of halogens is 2. The molecule has 0 fully saturated rings. The predicted octanol–water partition coefficient (Wildman–Crippen LogP) is 5.29. The molecule has 0 radical (unpaired) electrons. The lowest BCUT2D eigenvalue weighted by Gasteiger charge is -2.15. The van der Waals surface area contributed by atoms with Crippen LogP contribution >= 0.6 is 23.2 Å². The summed E-state index contributed by atoms with van der Waals surface area (Å²) in [5, 5.41) is 0.676. The lowest BCUT2D eigenvalue weighted by molar-refractivity contribution is 1.10. The molecule has 0 nitrogen and oxygen atoms in total. The zero-order chi connectivity index (χ0) is 12.4. The normalized spacial score (nSPS) is 12.5. The second kappa shape index (κ2) is 5.12. The van der Waals surface area contributed by atoms with Crippen molar-refractivity contribution in [2.75, 3.05) is 0 Å². The van der Waals surface area contributed by atoms with Crippen molar-refractivity contribution in [3.63, 3.8) is 0 Å². The third-order valence-electron chi connectivity index (χ3n) is 2.91. The van der Waals surface area contributed by atoms with Crippen LogP contribution in [-0.2, 0) is 0 Å². The summed E-state index contributed by atoms with van der Waals surface area (Å²) >= 11 is 12.6. The van der Waals surface area contributed by atoms with E-state index in [1.165, 1.54) is 0 Å². The van der Waals surface area contributed by atoms with Crippen molar-refractivity contribution >= 4 is 23.2 Å². The second-order valence-electron chi connectivity index (χ2n) is 4.23. The van der Waals surface area contributed by atoms with Crippen LogP contribution in [0.1, 0.15) is 27.6 Å². The van der Waals surface area contributed by atoms with Crippen LogP contribution in [0, 0.1) is 13.8 Å². The molecule has 0 bridgehead atoms. The third-order valence-corrected chi connectivity index (χ3v) is 3.81. The lowest BCUT2D eigenvalue weighted by atomic mass is 9.98. The third kappa shape index (κ3) is 2.65. The topological polar surface area (TPSA) is 0 Å². The summed E-state index contributed by atoms with van der Waals surface area (Å²) in [4.78, 5) is 0. The Bertz CT molecular complexity index is 518. The fourth-order valence-electron chi connectivity index (χ4n) is 1.88. The van der Waals surface area contributed by atoms with Gasteiger partial charge in [0.05, 0.1) is 5.38 Å². The molecule has 88 valence electrons. The van der Waals surface area contributed by atoms with Crippen LogP contribution in [0.3, 0.4) is 0 Å². The van der Waals surface area contributed by atoms with Crippen LogP contribution in [-0.4, -0.2) is 0 Å². The minimum absolute atomic E-state index is 0.118. The average Bonchev–Trinajstić information content (AvgIpc) is 2.34. The Labute approximate surface area is 112 Å². The molecule has 2 aromatic rings. The fourth-order valence-corrected chi connectivity index (χ4v) is 2.48. The van der Waals surface area contributed by atoms with Gasteiger partial charge in [-0.05, 0) is 42.2 Å². The highest BCUT2D eigenvalue weighted by molar-refractivity contribution is 6.31. The summed E-state index contributed by atoms with van der Waals surface area (Å²) in [5.41, 5.74) is 4.43. The molecule has 0 heterocycles. The highest BCUT2D eigenvalue weighted by atomic mass is 35.5. The number of rotatable bonds is 2. The van der Waals surface area contributed by atoms with E-state index in [4.69, 9.17) is 23.2 Å². The molecule has 0 aliphatic rings. The van der Waals surface area contributed by atoms with Gasteiger partial charge in [-0.25, -0.2) is 0 Å². The summed E-state index contributed by atoms with van der Waals surface area (Å²) in [6.45, 7) is 4.04. The van der Waals surface area contributed by atoms with Gasteiger partial charge in [0, 0.05) is 5.02 Å². The van der Waals surface area contributed by atoms with Gasteiger partial charge in [0.2, 0.25) is 0 Å². The Balaban J connectivity index is 2.44. The molecule has 0 amide bonds. The van der Waals surface area contributed by atoms with E-state index in [-0.39, 0.29) is 5.38 Å². The maximum absolute atomic E-state index is 6.52. The number of aryl methyl sites for hydroxylation is 2. The first-order chi connectivity index (χ1) is 8.09. The fraction of sp³-hybridized carbons (Fsp3) is 0.200. The van der Waals surface area contributed by atoms with Crippen molar-refractivity contribution in [2.45, 2.75) is 19.2 Å². The van der Waals surface area contributed by atoms with Crippen molar-refractivity contribution < 1.29 is 0 Å². The van der Waals surface area contributed by atoms with Crippen LogP contribution in [0.5, 0.6) is 0 Å². The van der Waals surface area contributed by atoms with E-state index in [9.17, 15) is 0 Å². The van der Waals surface area contributed by atoms with Gasteiger partial charge >= 0.3 is 0 Å². The van der Waals surface area contributed by atoms with Crippen LogP contribution in [0.2, 0.25) is 5.02 Å². The largest absolute Gasteiger partial charge is 0.113 e. The van der Waals surface area contributed by atoms with E-state index in [1.54, 1.807) is 0 Å². The average molecular weight is 265 g/mol. The van der Waals surface area contributed by atoms with Crippen molar-refractivity contribution in [3.8, 4) is 0 Å². The standard InChI is InChI=1S/C15H14Cl2/c1-10-9-14(16)11(2)8-13(10)15(17)12-6-4-3-5-7-12/h3-9,15H,1-2H3. The molecule has 2 heteroatoms. The maximum Gasteiger partial charge on any atom is 0.0838 e. The number of benzene rings is 2. The van der Waals surface area contributed by atoms with Crippen LogP contribution in [0.15, 0.2) is 42.5 Å². The van der Waals surface area contributed by atoms with Crippen LogP contribution < -0.4 is 0 Å². The van der Waals surface area contributed by atoms with Crippen molar-refractivity contribution in [1.82, 2.24) is 0 Å².